The number of rotatable bonds is 10. The van der Waals surface area contributed by atoms with Crippen LogP contribution in [0.15, 0.2) is 77.3 Å². The van der Waals surface area contributed by atoms with Crippen LogP contribution in [0.1, 0.15) is 46.3 Å². The van der Waals surface area contributed by atoms with Crippen molar-refractivity contribution in [2.75, 3.05) is 49.8 Å². The number of nitrogens with one attached hydrogen (secondary N) is 1. The zero-order valence-corrected chi connectivity index (χ0v) is 28.6. The molecule has 8 nitrogen and oxygen atoms in total. The fourth-order valence-corrected chi connectivity index (χ4v) is 6.42. The fraction of sp³-hybridized carbons (Fsp3) is 0.297. The van der Waals surface area contributed by atoms with E-state index in [1.807, 2.05) is 49.4 Å². The smallest absolute Gasteiger partial charge is 0.341 e. The number of halogens is 1. The molecule has 1 N–H and O–H groups in total. The summed E-state index contributed by atoms with van der Waals surface area (Å²) in [6.45, 7) is 5.97. The molecule has 1 aliphatic heterocycles. The first kappa shape index (κ1) is 32.9. The number of benzene rings is 4. The summed E-state index contributed by atoms with van der Waals surface area (Å²) in [6, 6.07) is 23.6. The Morgan fingerprint density at radius 2 is 1.61 bits per heavy atom. The van der Waals surface area contributed by atoms with E-state index in [9.17, 15) is 9.59 Å². The maximum absolute atomic E-state index is 14.4. The number of carbonyl (C=O) groups is 2. The third-order valence-corrected chi connectivity index (χ3v) is 9.11. The summed E-state index contributed by atoms with van der Waals surface area (Å²) in [7, 11) is 4.47. The molecule has 0 aliphatic carbocycles. The third-order valence-electron chi connectivity index (χ3n) is 8.37. The van der Waals surface area contributed by atoms with Crippen molar-refractivity contribution in [2.45, 2.75) is 39.5 Å². The first-order valence-electron chi connectivity index (χ1n) is 15.4. The number of hydrogen-bond acceptors (Lipinski definition) is 7. The molecule has 1 aliphatic rings. The number of nitrogens with zero attached hydrogens (tertiary/aromatic N) is 2. The molecule has 4 aromatic carbocycles. The van der Waals surface area contributed by atoms with Crippen LogP contribution in [0.5, 0.6) is 11.5 Å². The first-order chi connectivity index (χ1) is 22.2. The van der Waals surface area contributed by atoms with E-state index < -0.39 is 5.97 Å². The van der Waals surface area contributed by atoms with Crippen molar-refractivity contribution < 1.29 is 23.8 Å². The molecule has 1 saturated heterocycles. The van der Waals surface area contributed by atoms with Gasteiger partial charge in [0, 0.05) is 17.6 Å². The lowest BCUT2D eigenvalue weighted by molar-refractivity contribution is -0.117. The van der Waals surface area contributed by atoms with Gasteiger partial charge in [0.1, 0.15) is 17.1 Å². The lowest BCUT2D eigenvalue weighted by Gasteiger charge is -2.35. The summed E-state index contributed by atoms with van der Waals surface area (Å²) >= 11 is 3.58. The molecule has 4 aromatic rings. The number of amides is 1. The molecule has 46 heavy (non-hydrogen) atoms. The molecule has 1 amide bonds. The maximum Gasteiger partial charge on any atom is 0.341 e. The normalized spacial score (nSPS) is 12.8. The molecule has 0 bridgehead atoms. The molecule has 0 atom stereocenters. The topological polar surface area (TPSA) is 80.3 Å². The monoisotopic (exact) mass is 685 g/mol. The number of para-hydroxylation sites is 1. The Balaban J connectivity index is 1.54. The van der Waals surface area contributed by atoms with Crippen molar-refractivity contribution in [1.29, 1.82) is 0 Å². The molecule has 9 heteroatoms. The Morgan fingerprint density at radius 3 is 2.26 bits per heavy atom. The van der Waals surface area contributed by atoms with Gasteiger partial charge in [0.05, 0.1) is 44.8 Å². The second-order valence-corrected chi connectivity index (χ2v) is 12.3. The van der Waals surface area contributed by atoms with Gasteiger partial charge in [-0.3, -0.25) is 10.2 Å². The average Bonchev–Trinajstić information content (AvgIpc) is 3.08. The number of aryl methyl sites for hydroxylation is 2. The van der Waals surface area contributed by atoms with Gasteiger partial charge >= 0.3 is 5.97 Å². The number of piperidine rings is 1. The van der Waals surface area contributed by atoms with Crippen molar-refractivity contribution >= 4 is 44.9 Å². The number of ether oxygens (including phenoxy) is 3. The van der Waals surface area contributed by atoms with Crippen LogP contribution in [0.4, 0.5) is 17.1 Å². The molecule has 5 rings (SSSR count). The van der Waals surface area contributed by atoms with Gasteiger partial charge in [-0.05, 0) is 103 Å². The summed E-state index contributed by atoms with van der Waals surface area (Å²) < 4.78 is 16.4. The lowest BCUT2D eigenvalue weighted by Crippen LogP contribution is -2.40. The van der Waals surface area contributed by atoms with Crippen LogP contribution in [-0.2, 0) is 16.0 Å². The Labute approximate surface area is 279 Å². The van der Waals surface area contributed by atoms with Gasteiger partial charge < -0.3 is 19.1 Å². The minimum Gasteiger partial charge on any atom is -0.497 e. The van der Waals surface area contributed by atoms with E-state index in [1.54, 1.807) is 24.3 Å². The van der Waals surface area contributed by atoms with Crippen LogP contribution in [0.2, 0.25) is 0 Å². The predicted octanol–water partition coefficient (Wildman–Crippen LogP) is 8.13. The number of esters is 1. The van der Waals surface area contributed by atoms with Gasteiger partial charge in [-0.1, -0.05) is 46.3 Å². The molecule has 0 aromatic heterocycles. The van der Waals surface area contributed by atoms with Crippen LogP contribution < -0.4 is 24.8 Å². The van der Waals surface area contributed by atoms with E-state index in [4.69, 9.17) is 14.2 Å². The average molecular weight is 687 g/mol. The fourth-order valence-electron chi connectivity index (χ4n) is 5.94. The minimum absolute atomic E-state index is 0.0437. The van der Waals surface area contributed by atoms with Crippen LogP contribution in [0, 0.1) is 13.8 Å². The first-order valence-corrected chi connectivity index (χ1v) is 16.2. The molecular formula is C37H40BrN3O5. The molecule has 0 spiro atoms. The zero-order valence-electron chi connectivity index (χ0n) is 27.0. The SMILES string of the molecule is COC(=O)c1cc(Br)c(CC(=O)N(Nc2ccc(-c3ccc(OC)cc3)c(C)c2)c2c(C)cccc2N2CCCCC2)cc1OC. The van der Waals surface area contributed by atoms with Crippen molar-refractivity contribution in [3.05, 3.63) is 99.5 Å². The largest absolute Gasteiger partial charge is 0.497 e. The molecule has 0 saturated carbocycles. The Bertz CT molecular complexity index is 1720. The summed E-state index contributed by atoms with van der Waals surface area (Å²) in [5, 5.41) is 1.67. The number of hydrazine groups is 1. The van der Waals surface area contributed by atoms with Gasteiger partial charge in [-0.2, -0.15) is 0 Å². The molecule has 1 heterocycles. The Kier molecular flexibility index (Phi) is 10.5. The van der Waals surface area contributed by atoms with E-state index >= 15 is 0 Å². The van der Waals surface area contributed by atoms with E-state index in [-0.39, 0.29) is 17.9 Å². The summed E-state index contributed by atoms with van der Waals surface area (Å²) in [4.78, 5) is 29.2. The van der Waals surface area contributed by atoms with E-state index in [2.05, 4.69) is 51.4 Å². The second-order valence-electron chi connectivity index (χ2n) is 11.4. The zero-order chi connectivity index (χ0) is 32.8. The van der Waals surface area contributed by atoms with Gasteiger partial charge in [0.15, 0.2) is 0 Å². The molecule has 1 fully saturated rings. The highest BCUT2D eigenvalue weighted by atomic mass is 79.9. The van der Waals surface area contributed by atoms with E-state index in [1.165, 1.54) is 20.6 Å². The van der Waals surface area contributed by atoms with Crippen LogP contribution in [0.3, 0.4) is 0 Å². The highest BCUT2D eigenvalue weighted by Gasteiger charge is 2.27. The van der Waals surface area contributed by atoms with Gasteiger partial charge in [0.25, 0.3) is 0 Å². The molecular weight excluding hydrogens is 646 g/mol. The molecule has 0 unspecified atom stereocenters. The highest BCUT2D eigenvalue weighted by Crippen LogP contribution is 2.37. The Hall–Kier alpha value is -4.50. The van der Waals surface area contributed by atoms with Crippen LogP contribution >= 0.6 is 15.9 Å². The van der Waals surface area contributed by atoms with Crippen LogP contribution in [-0.4, -0.2) is 46.3 Å². The van der Waals surface area contributed by atoms with Crippen molar-refractivity contribution in [3.63, 3.8) is 0 Å². The molecule has 0 radical (unpaired) electrons. The third kappa shape index (κ3) is 7.15. The number of anilines is 3. The van der Waals surface area contributed by atoms with Crippen LogP contribution in [0.25, 0.3) is 11.1 Å². The van der Waals surface area contributed by atoms with Crippen molar-refractivity contribution in [3.8, 4) is 22.6 Å². The van der Waals surface area contributed by atoms with Crippen molar-refractivity contribution in [2.24, 2.45) is 0 Å². The number of hydrogen-bond donors (Lipinski definition) is 1. The maximum atomic E-state index is 14.4. The van der Waals surface area contributed by atoms with Crippen molar-refractivity contribution in [1.82, 2.24) is 0 Å². The quantitative estimate of drug-likeness (QED) is 0.133. The number of methoxy groups -OCH3 is 3. The lowest BCUT2D eigenvalue weighted by atomic mass is 10.00. The minimum atomic E-state index is -0.515. The standard InChI is InChI=1S/C37H40BrN3O5/c1-24-10-9-11-33(40-18-7-6-8-19-40)36(24)41(35(42)22-27-21-34(45-4)31(23-32(27)38)37(43)46-5)39-28-14-17-30(25(2)20-28)26-12-15-29(44-3)16-13-26/h9-17,20-21,23,39H,6-8,18-19,22H2,1-5H3. The number of carbonyl (C=O) groups excluding carboxylic acids is 2. The van der Waals surface area contributed by atoms with Gasteiger partial charge in [0.2, 0.25) is 5.91 Å². The van der Waals surface area contributed by atoms with E-state index in [0.29, 0.717) is 15.8 Å². The summed E-state index contributed by atoms with van der Waals surface area (Å²) in [6.07, 6.45) is 3.47. The van der Waals surface area contributed by atoms with Gasteiger partial charge in [-0.15, -0.1) is 0 Å². The summed E-state index contributed by atoms with van der Waals surface area (Å²) in [5.41, 5.74) is 11.3. The second kappa shape index (κ2) is 14.7. The summed E-state index contributed by atoms with van der Waals surface area (Å²) in [5.74, 6) is 0.462. The molecule has 240 valence electrons. The highest BCUT2D eigenvalue weighted by molar-refractivity contribution is 9.10. The predicted molar refractivity (Wildman–Crippen MR) is 187 cm³/mol. The van der Waals surface area contributed by atoms with E-state index in [0.717, 1.165) is 71.0 Å². The Morgan fingerprint density at radius 1 is 0.870 bits per heavy atom. The van der Waals surface area contributed by atoms with Gasteiger partial charge in [-0.25, -0.2) is 9.80 Å².